The minimum Gasteiger partial charge on any atom is -0.349 e. The van der Waals surface area contributed by atoms with E-state index in [-0.39, 0.29) is 11.6 Å². The van der Waals surface area contributed by atoms with Gasteiger partial charge >= 0.3 is 5.69 Å². The van der Waals surface area contributed by atoms with Crippen LogP contribution in [0.2, 0.25) is 0 Å². The van der Waals surface area contributed by atoms with Crippen molar-refractivity contribution in [3.63, 3.8) is 0 Å². The van der Waals surface area contributed by atoms with Gasteiger partial charge in [0.1, 0.15) is 0 Å². The largest absolute Gasteiger partial charge is 0.349 e. The smallest absolute Gasteiger partial charge is 0.325 e. The van der Waals surface area contributed by atoms with Gasteiger partial charge in [-0.25, -0.2) is 9.78 Å². The average Bonchev–Trinajstić information content (AvgIpc) is 2.96. The summed E-state index contributed by atoms with van der Waals surface area (Å²) < 4.78 is 0. The molecule has 2 aromatic heterocycles. The van der Waals surface area contributed by atoms with E-state index in [1.807, 2.05) is 0 Å². The molecule has 0 spiro atoms. The van der Waals surface area contributed by atoms with Crippen LogP contribution in [0.4, 0.5) is 0 Å². The van der Waals surface area contributed by atoms with E-state index in [9.17, 15) is 9.59 Å². The maximum Gasteiger partial charge on any atom is 0.325 e. The number of rotatable bonds is 2. The summed E-state index contributed by atoms with van der Waals surface area (Å²) in [5, 5.41) is 2.86. The van der Waals surface area contributed by atoms with Crippen molar-refractivity contribution in [1.29, 1.82) is 0 Å². The summed E-state index contributed by atoms with van der Waals surface area (Å²) in [5.41, 5.74) is 1.17. The molecule has 6 nitrogen and oxygen atoms in total. The molecule has 1 saturated carbocycles. The maximum atomic E-state index is 11.7. The van der Waals surface area contributed by atoms with Crippen LogP contribution < -0.4 is 11.0 Å². The average molecular weight is 218 g/mol. The number of aromatic amines is 2. The Labute approximate surface area is 90.1 Å². The highest BCUT2D eigenvalue weighted by Crippen LogP contribution is 2.19. The quantitative estimate of drug-likeness (QED) is 0.669. The molecule has 0 saturated heterocycles. The molecule has 3 N–H and O–H groups in total. The van der Waals surface area contributed by atoms with Gasteiger partial charge < -0.3 is 10.3 Å². The van der Waals surface area contributed by atoms with Crippen LogP contribution in [0.1, 0.15) is 23.2 Å². The zero-order valence-corrected chi connectivity index (χ0v) is 8.41. The van der Waals surface area contributed by atoms with Crippen molar-refractivity contribution >= 4 is 17.1 Å². The summed E-state index contributed by atoms with van der Waals surface area (Å²) in [6.07, 6.45) is 3.55. The number of nitrogens with zero attached hydrogens (tertiary/aromatic N) is 1. The molecule has 0 aliphatic heterocycles. The lowest BCUT2D eigenvalue weighted by atomic mass is 10.2. The number of carbonyl (C=O) groups is 1. The van der Waals surface area contributed by atoms with Crippen LogP contribution >= 0.6 is 0 Å². The second-order valence-electron chi connectivity index (χ2n) is 3.95. The van der Waals surface area contributed by atoms with Gasteiger partial charge in [0.2, 0.25) is 0 Å². The fourth-order valence-electron chi connectivity index (χ4n) is 1.54. The minimum atomic E-state index is -0.317. The predicted octanol–water partition coefficient (Wildman–Crippen LogP) is 0.143. The number of fused-ring (bicyclic) bond motifs is 1. The lowest BCUT2D eigenvalue weighted by Crippen LogP contribution is -2.25. The molecule has 0 radical (unpaired) electrons. The lowest BCUT2D eigenvalue weighted by molar-refractivity contribution is 0.0951. The van der Waals surface area contributed by atoms with Crippen LogP contribution in [0.15, 0.2) is 17.1 Å². The van der Waals surface area contributed by atoms with Gasteiger partial charge in [-0.2, -0.15) is 0 Å². The topological polar surface area (TPSA) is 90.6 Å². The van der Waals surface area contributed by atoms with E-state index in [1.54, 1.807) is 6.07 Å². The van der Waals surface area contributed by atoms with Crippen molar-refractivity contribution < 1.29 is 4.79 Å². The van der Waals surface area contributed by atoms with Crippen molar-refractivity contribution in [3.05, 3.63) is 28.3 Å². The first-order valence-electron chi connectivity index (χ1n) is 5.11. The third-order valence-corrected chi connectivity index (χ3v) is 2.54. The summed E-state index contributed by atoms with van der Waals surface area (Å²) in [6.45, 7) is 0. The summed E-state index contributed by atoms with van der Waals surface area (Å²) in [6, 6.07) is 1.94. The van der Waals surface area contributed by atoms with Gasteiger partial charge in [-0.15, -0.1) is 0 Å². The van der Waals surface area contributed by atoms with E-state index >= 15 is 0 Å². The number of pyridine rings is 1. The van der Waals surface area contributed by atoms with Gasteiger partial charge in [-0.1, -0.05) is 0 Å². The van der Waals surface area contributed by atoms with E-state index < -0.39 is 0 Å². The highest BCUT2D eigenvalue weighted by molar-refractivity contribution is 5.96. The van der Waals surface area contributed by atoms with E-state index in [0.717, 1.165) is 12.8 Å². The molecule has 1 fully saturated rings. The van der Waals surface area contributed by atoms with Gasteiger partial charge in [0.05, 0.1) is 11.1 Å². The standard InChI is InChI=1S/C10H10N4O2/c15-9(12-6-1-2-6)5-3-7-8(11-4-5)14-10(16)13-7/h3-4,6H,1-2H2,(H,12,15)(H2,11,13,14,16). The normalized spacial score (nSPS) is 15.2. The lowest BCUT2D eigenvalue weighted by Gasteiger charge is -2.01. The SMILES string of the molecule is O=C(NC1CC1)c1cnc2[nH]c(=O)[nH]c2c1. The van der Waals surface area contributed by atoms with Crippen molar-refractivity contribution in [2.24, 2.45) is 0 Å². The zero-order chi connectivity index (χ0) is 11.1. The molecule has 1 aliphatic carbocycles. The Kier molecular flexibility index (Phi) is 1.82. The van der Waals surface area contributed by atoms with Gasteiger partial charge in [-0.05, 0) is 18.9 Å². The Morgan fingerprint density at radius 3 is 3.00 bits per heavy atom. The van der Waals surface area contributed by atoms with E-state index in [2.05, 4.69) is 20.3 Å². The first-order chi connectivity index (χ1) is 7.72. The zero-order valence-electron chi connectivity index (χ0n) is 8.41. The molecule has 82 valence electrons. The molecule has 6 heteroatoms. The van der Waals surface area contributed by atoms with Crippen LogP contribution in [-0.4, -0.2) is 26.9 Å². The van der Waals surface area contributed by atoms with E-state index in [4.69, 9.17) is 0 Å². The summed E-state index contributed by atoms with van der Waals surface area (Å²) >= 11 is 0. The van der Waals surface area contributed by atoms with Crippen molar-refractivity contribution in [2.45, 2.75) is 18.9 Å². The fourth-order valence-corrected chi connectivity index (χ4v) is 1.54. The highest BCUT2D eigenvalue weighted by Gasteiger charge is 2.24. The Morgan fingerprint density at radius 1 is 1.44 bits per heavy atom. The van der Waals surface area contributed by atoms with Crippen LogP contribution in [0.5, 0.6) is 0 Å². The maximum absolute atomic E-state index is 11.7. The molecule has 0 unspecified atom stereocenters. The number of aromatic nitrogens is 3. The molecule has 0 atom stereocenters. The van der Waals surface area contributed by atoms with E-state index in [0.29, 0.717) is 22.8 Å². The molecular weight excluding hydrogens is 208 g/mol. The third-order valence-electron chi connectivity index (χ3n) is 2.54. The molecule has 3 rings (SSSR count). The molecule has 0 bridgehead atoms. The minimum absolute atomic E-state index is 0.140. The summed E-state index contributed by atoms with van der Waals surface area (Å²) in [4.78, 5) is 31.8. The number of imidazole rings is 1. The molecule has 16 heavy (non-hydrogen) atoms. The van der Waals surface area contributed by atoms with Gasteiger partial charge in [0.15, 0.2) is 5.65 Å². The molecule has 1 amide bonds. The monoisotopic (exact) mass is 218 g/mol. The Balaban J connectivity index is 1.96. The van der Waals surface area contributed by atoms with Crippen molar-refractivity contribution in [3.8, 4) is 0 Å². The van der Waals surface area contributed by atoms with Gasteiger partial charge in [0.25, 0.3) is 5.91 Å². The summed E-state index contributed by atoms with van der Waals surface area (Å²) in [7, 11) is 0. The Bertz CT molecular complexity index is 609. The second kappa shape index (κ2) is 3.19. The predicted molar refractivity (Wildman–Crippen MR) is 57.2 cm³/mol. The Morgan fingerprint density at radius 2 is 2.25 bits per heavy atom. The van der Waals surface area contributed by atoms with Crippen molar-refractivity contribution in [1.82, 2.24) is 20.3 Å². The number of H-pyrrole nitrogens is 2. The summed E-state index contributed by atoms with van der Waals surface area (Å²) in [5.74, 6) is -0.140. The third kappa shape index (κ3) is 1.58. The first kappa shape index (κ1) is 9.14. The second-order valence-corrected chi connectivity index (χ2v) is 3.95. The van der Waals surface area contributed by atoms with Crippen LogP contribution in [0.3, 0.4) is 0 Å². The highest BCUT2D eigenvalue weighted by atomic mass is 16.2. The van der Waals surface area contributed by atoms with Crippen molar-refractivity contribution in [2.75, 3.05) is 0 Å². The van der Waals surface area contributed by atoms with Crippen LogP contribution in [0.25, 0.3) is 11.2 Å². The molecule has 0 aromatic carbocycles. The molecular formula is C10H10N4O2. The molecule has 1 aliphatic rings. The number of nitrogens with one attached hydrogen (secondary N) is 3. The number of amides is 1. The van der Waals surface area contributed by atoms with Crippen LogP contribution in [-0.2, 0) is 0 Å². The van der Waals surface area contributed by atoms with Gasteiger partial charge in [0, 0.05) is 12.2 Å². The number of carbonyl (C=O) groups excluding carboxylic acids is 1. The number of hydrogen-bond acceptors (Lipinski definition) is 3. The fraction of sp³-hybridized carbons (Fsp3) is 0.300. The number of hydrogen-bond donors (Lipinski definition) is 3. The molecule has 2 aromatic rings. The van der Waals surface area contributed by atoms with Crippen LogP contribution in [0, 0.1) is 0 Å². The Hall–Kier alpha value is -2.11. The first-order valence-corrected chi connectivity index (χ1v) is 5.11. The molecule has 2 heterocycles. The van der Waals surface area contributed by atoms with Gasteiger partial charge in [-0.3, -0.25) is 9.78 Å². The van der Waals surface area contributed by atoms with E-state index in [1.165, 1.54) is 6.20 Å².